The van der Waals surface area contributed by atoms with E-state index >= 15 is 0 Å². The number of hydrogen-bond acceptors (Lipinski definition) is 2. The summed E-state index contributed by atoms with van der Waals surface area (Å²) < 4.78 is 39.4. The Hall–Kier alpha value is -0.780. The maximum atomic E-state index is 11.6. The Bertz CT molecular complexity index is 176. The van der Waals surface area contributed by atoms with Crippen molar-refractivity contribution in [1.82, 2.24) is 5.32 Å². The Morgan fingerprint density at radius 3 is 2.42 bits per heavy atom. The second kappa shape index (κ2) is 3.30. The van der Waals surface area contributed by atoms with Crippen LogP contribution < -0.4 is 5.32 Å². The molecule has 1 heterocycles. The van der Waals surface area contributed by atoms with Crippen molar-refractivity contribution in [1.29, 1.82) is 0 Å². The Morgan fingerprint density at radius 1 is 1.50 bits per heavy atom. The zero-order chi connectivity index (χ0) is 9.19. The number of halogens is 3. The van der Waals surface area contributed by atoms with Gasteiger partial charge in [-0.2, -0.15) is 13.2 Å². The van der Waals surface area contributed by atoms with Crippen molar-refractivity contribution < 1.29 is 22.7 Å². The molecule has 1 amide bonds. The zero-order valence-electron chi connectivity index (χ0n) is 6.15. The number of nitrogens with one attached hydrogen (secondary N) is 1. The first-order chi connectivity index (χ1) is 5.47. The molecule has 70 valence electrons. The van der Waals surface area contributed by atoms with Crippen LogP contribution in [0.15, 0.2) is 0 Å². The second-order valence-electron chi connectivity index (χ2n) is 2.59. The van der Waals surface area contributed by atoms with Crippen LogP contribution in [0.3, 0.4) is 0 Å². The van der Waals surface area contributed by atoms with E-state index in [-0.39, 0.29) is 6.04 Å². The van der Waals surface area contributed by atoms with Gasteiger partial charge in [0.2, 0.25) is 5.91 Å². The molecule has 12 heavy (non-hydrogen) atoms. The van der Waals surface area contributed by atoms with E-state index in [2.05, 4.69) is 10.1 Å². The first-order valence-corrected chi connectivity index (χ1v) is 3.41. The first-order valence-electron chi connectivity index (χ1n) is 3.41. The zero-order valence-corrected chi connectivity index (χ0v) is 6.15. The number of ether oxygens (including phenoxy) is 1. The lowest BCUT2D eigenvalue weighted by molar-refractivity contribution is -0.156. The monoisotopic (exact) mass is 183 g/mol. The second-order valence-corrected chi connectivity index (χ2v) is 2.59. The van der Waals surface area contributed by atoms with Crippen molar-refractivity contribution in [2.24, 2.45) is 0 Å². The third kappa shape index (κ3) is 3.08. The topological polar surface area (TPSA) is 38.3 Å². The molecular formula is C6H8F3NO2. The van der Waals surface area contributed by atoms with Crippen LogP contribution in [0.5, 0.6) is 0 Å². The number of carbonyl (C=O) groups is 1. The molecule has 1 fully saturated rings. The highest BCUT2D eigenvalue weighted by atomic mass is 19.4. The summed E-state index contributed by atoms with van der Waals surface area (Å²) in [6.45, 7) is 0.618. The van der Waals surface area contributed by atoms with Gasteiger partial charge in [-0.1, -0.05) is 0 Å². The third-order valence-corrected chi connectivity index (χ3v) is 1.36. The number of amides is 1. The van der Waals surface area contributed by atoms with Crippen LogP contribution in [0.4, 0.5) is 13.2 Å². The van der Waals surface area contributed by atoms with E-state index in [0.717, 1.165) is 0 Å². The van der Waals surface area contributed by atoms with Gasteiger partial charge in [0, 0.05) is 0 Å². The van der Waals surface area contributed by atoms with Gasteiger partial charge in [0.25, 0.3) is 0 Å². The number of rotatable bonds is 2. The molecule has 0 radical (unpaired) electrons. The molecule has 3 nitrogen and oxygen atoms in total. The van der Waals surface area contributed by atoms with E-state index in [1.165, 1.54) is 0 Å². The van der Waals surface area contributed by atoms with Gasteiger partial charge in [0.1, 0.15) is 6.42 Å². The fourth-order valence-corrected chi connectivity index (χ4v) is 0.780. The Morgan fingerprint density at radius 2 is 2.08 bits per heavy atom. The van der Waals surface area contributed by atoms with Gasteiger partial charge < -0.3 is 10.1 Å². The minimum atomic E-state index is -4.42. The van der Waals surface area contributed by atoms with E-state index in [1.54, 1.807) is 0 Å². The predicted octanol–water partition coefficient (Wildman–Crippen LogP) is 0.454. The van der Waals surface area contributed by atoms with Crippen molar-refractivity contribution in [3.05, 3.63) is 0 Å². The predicted molar refractivity (Wildman–Crippen MR) is 33.4 cm³/mol. The van der Waals surface area contributed by atoms with Crippen LogP contribution in [-0.4, -0.2) is 31.3 Å². The SMILES string of the molecule is O=C(CC(F)(F)F)NC1COC1. The lowest BCUT2D eigenvalue weighted by Gasteiger charge is -2.26. The average Bonchev–Trinajstić information content (AvgIpc) is 1.74. The molecule has 0 saturated carbocycles. The summed E-state index contributed by atoms with van der Waals surface area (Å²) in [6, 6.07) is -0.236. The molecule has 0 aromatic heterocycles. The minimum absolute atomic E-state index is 0.236. The van der Waals surface area contributed by atoms with Gasteiger partial charge in [0.05, 0.1) is 19.3 Å². The molecule has 6 heteroatoms. The number of carbonyl (C=O) groups excluding carboxylic acids is 1. The molecule has 1 rings (SSSR count). The Balaban J connectivity index is 2.19. The van der Waals surface area contributed by atoms with Gasteiger partial charge in [0.15, 0.2) is 0 Å². The Kier molecular flexibility index (Phi) is 2.56. The quantitative estimate of drug-likeness (QED) is 0.675. The molecule has 1 aliphatic heterocycles. The highest BCUT2D eigenvalue weighted by molar-refractivity contribution is 5.77. The third-order valence-electron chi connectivity index (χ3n) is 1.36. The fourth-order valence-electron chi connectivity index (χ4n) is 0.780. The molecule has 1 N–H and O–H groups in total. The fraction of sp³-hybridized carbons (Fsp3) is 0.833. The number of hydrogen-bond donors (Lipinski definition) is 1. The van der Waals surface area contributed by atoms with Crippen LogP contribution >= 0.6 is 0 Å². The largest absolute Gasteiger partial charge is 0.397 e. The first kappa shape index (κ1) is 9.31. The van der Waals surface area contributed by atoms with E-state index in [1.807, 2.05) is 0 Å². The molecule has 1 saturated heterocycles. The summed E-state index contributed by atoms with van der Waals surface area (Å²) in [5.74, 6) is -0.990. The molecule has 0 aliphatic carbocycles. The van der Waals surface area contributed by atoms with Crippen LogP contribution in [-0.2, 0) is 9.53 Å². The number of alkyl halides is 3. The maximum Gasteiger partial charge on any atom is 0.397 e. The minimum Gasteiger partial charge on any atom is -0.377 e. The lowest BCUT2D eigenvalue weighted by Crippen LogP contribution is -2.49. The van der Waals surface area contributed by atoms with Crippen LogP contribution in [0.2, 0.25) is 0 Å². The van der Waals surface area contributed by atoms with Gasteiger partial charge in [-0.25, -0.2) is 0 Å². The molecule has 0 spiro atoms. The van der Waals surface area contributed by atoms with Gasteiger partial charge in [-0.3, -0.25) is 4.79 Å². The summed E-state index contributed by atoms with van der Waals surface area (Å²) in [4.78, 5) is 10.6. The highest BCUT2D eigenvalue weighted by Gasteiger charge is 2.32. The summed E-state index contributed by atoms with van der Waals surface area (Å²) in [5, 5.41) is 2.19. The van der Waals surface area contributed by atoms with Crippen LogP contribution in [0.1, 0.15) is 6.42 Å². The van der Waals surface area contributed by atoms with E-state index in [0.29, 0.717) is 13.2 Å². The highest BCUT2D eigenvalue weighted by Crippen LogP contribution is 2.19. The summed E-state index contributed by atoms with van der Waals surface area (Å²) >= 11 is 0. The summed E-state index contributed by atoms with van der Waals surface area (Å²) in [7, 11) is 0. The van der Waals surface area contributed by atoms with Crippen molar-refractivity contribution >= 4 is 5.91 Å². The van der Waals surface area contributed by atoms with Gasteiger partial charge in [-0.05, 0) is 0 Å². The average molecular weight is 183 g/mol. The van der Waals surface area contributed by atoms with Crippen molar-refractivity contribution in [3.8, 4) is 0 Å². The molecule has 1 aliphatic rings. The molecule has 0 atom stereocenters. The smallest absolute Gasteiger partial charge is 0.377 e. The summed E-state index contributed by atoms with van der Waals surface area (Å²) in [5.41, 5.74) is 0. The molecular weight excluding hydrogens is 175 g/mol. The van der Waals surface area contributed by atoms with Gasteiger partial charge >= 0.3 is 6.18 Å². The lowest BCUT2D eigenvalue weighted by atomic mass is 10.2. The maximum absolute atomic E-state index is 11.6. The van der Waals surface area contributed by atoms with Gasteiger partial charge in [-0.15, -0.1) is 0 Å². The van der Waals surface area contributed by atoms with Crippen LogP contribution in [0.25, 0.3) is 0 Å². The molecule has 0 aromatic rings. The van der Waals surface area contributed by atoms with Crippen molar-refractivity contribution in [2.75, 3.05) is 13.2 Å². The van der Waals surface area contributed by atoms with Crippen molar-refractivity contribution in [2.45, 2.75) is 18.6 Å². The van der Waals surface area contributed by atoms with Crippen LogP contribution in [0, 0.1) is 0 Å². The normalized spacial score (nSPS) is 18.6. The molecule has 0 unspecified atom stereocenters. The van der Waals surface area contributed by atoms with E-state index in [9.17, 15) is 18.0 Å². The van der Waals surface area contributed by atoms with E-state index in [4.69, 9.17) is 0 Å². The Labute approximate surface area is 66.9 Å². The molecule has 0 aromatic carbocycles. The standard InChI is InChI=1S/C6H8F3NO2/c7-6(8,9)1-5(11)10-4-2-12-3-4/h4H,1-3H2,(H,10,11). The van der Waals surface area contributed by atoms with Crippen molar-refractivity contribution in [3.63, 3.8) is 0 Å². The molecule has 0 bridgehead atoms. The van der Waals surface area contributed by atoms with E-state index < -0.39 is 18.5 Å². The summed E-state index contributed by atoms with van der Waals surface area (Å²) in [6.07, 6.45) is -5.84.